The van der Waals surface area contributed by atoms with Crippen molar-refractivity contribution in [1.29, 1.82) is 0 Å². The molecule has 0 atom stereocenters. The Morgan fingerprint density at radius 3 is 3.00 bits per heavy atom. The smallest absolute Gasteiger partial charge is 0.243 e. The Morgan fingerprint density at radius 2 is 2.35 bits per heavy atom. The molecule has 3 N–H and O–H groups in total. The van der Waals surface area contributed by atoms with Crippen molar-refractivity contribution in [3.05, 3.63) is 17.0 Å². The molecule has 0 aliphatic rings. The third-order valence-corrected chi connectivity index (χ3v) is 2.36. The van der Waals surface area contributed by atoms with Gasteiger partial charge in [0.15, 0.2) is 0 Å². The Bertz CT molecular complexity index is 387. The van der Waals surface area contributed by atoms with Crippen molar-refractivity contribution in [3.8, 4) is 0 Å². The number of hydrogen-bond acceptors (Lipinski definition) is 5. The second-order valence-electron chi connectivity index (χ2n) is 3.29. The Balaban J connectivity index is 2.41. The lowest BCUT2D eigenvalue weighted by Gasteiger charge is -2.10. The molecular weight excluding hydrogens is 244 g/mol. The maximum absolute atomic E-state index is 10.4. The summed E-state index contributed by atoms with van der Waals surface area (Å²) in [4.78, 5) is 18.4. The number of aromatic nitrogens is 2. The molecule has 0 saturated heterocycles. The molecule has 94 valence electrons. The average Bonchev–Trinajstić information content (AvgIpc) is 2.28. The fraction of sp³-hybridized carbons (Fsp3) is 0.500. The number of halogens is 1. The van der Waals surface area contributed by atoms with Crippen LogP contribution in [0, 0.1) is 0 Å². The number of anilines is 1. The van der Waals surface area contributed by atoms with Crippen molar-refractivity contribution in [1.82, 2.24) is 9.97 Å². The van der Waals surface area contributed by atoms with Gasteiger partial charge in [0.2, 0.25) is 5.91 Å². The number of primary amides is 1. The summed E-state index contributed by atoms with van der Waals surface area (Å²) >= 11 is 5.93. The van der Waals surface area contributed by atoms with E-state index in [1.54, 1.807) is 0 Å². The van der Waals surface area contributed by atoms with Crippen LogP contribution in [0.5, 0.6) is 0 Å². The molecule has 0 aliphatic heterocycles. The molecule has 7 heteroatoms. The molecule has 0 aliphatic carbocycles. The zero-order valence-corrected chi connectivity index (χ0v) is 10.3. The van der Waals surface area contributed by atoms with E-state index in [2.05, 4.69) is 15.3 Å². The third kappa shape index (κ3) is 4.54. The molecule has 1 heterocycles. The highest BCUT2D eigenvalue weighted by atomic mass is 35.5. The molecule has 17 heavy (non-hydrogen) atoms. The number of carbonyl (C=O) groups is 1. The Labute approximate surface area is 105 Å². The molecule has 1 amide bonds. The summed E-state index contributed by atoms with van der Waals surface area (Å²) < 4.78 is 5.01. The van der Waals surface area contributed by atoms with E-state index < -0.39 is 5.91 Å². The normalized spacial score (nSPS) is 10.2. The SMILES string of the molecule is CCc1c(Cl)ncnc1NCCOCC(N)=O. The van der Waals surface area contributed by atoms with Crippen LogP contribution in [0.1, 0.15) is 12.5 Å². The summed E-state index contributed by atoms with van der Waals surface area (Å²) in [6, 6.07) is 0. The minimum absolute atomic E-state index is 0.0765. The molecule has 1 aromatic heterocycles. The molecule has 1 aromatic rings. The van der Waals surface area contributed by atoms with Crippen LogP contribution in [0.2, 0.25) is 5.15 Å². The highest BCUT2D eigenvalue weighted by Gasteiger charge is 2.06. The number of nitrogens with two attached hydrogens (primary N) is 1. The van der Waals surface area contributed by atoms with Crippen molar-refractivity contribution >= 4 is 23.3 Å². The highest BCUT2D eigenvalue weighted by Crippen LogP contribution is 2.19. The van der Waals surface area contributed by atoms with Gasteiger partial charge in [0.05, 0.1) is 6.61 Å². The van der Waals surface area contributed by atoms with Crippen LogP contribution in [0.4, 0.5) is 5.82 Å². The third-order valence-electron chi connectivity index (χ3n) is 2.03. The summed E-state index contributed by atoms with van der Waals surface area (Å²) in [6.45, 7) is 2.79. The molecule has 0 saturated carbocycles. The van der Waals surface area contributed by atoms with E-state index in [0.717, 1.165) is 12.0 Å². The molecule has 0 radical (unpaired) electrons. The first kappa shape index (κ1) is 13.7. The van der Waals surface area contributed by atoms with Crippen LogP contribution in [0.3, 0.4) is 0 Å². The molecule has 0 fully saturated rings. The van der Waals surface area contributed by atoms with Crippen LogP contribution in [-0.2, 0) is 16.0 Å². The van der Waals surface area contributed by atoms with E-state index in [-0.39, 0.29) is 6.61 Å². The summed E-state index contributed by atoms with van der Waals surface area (Å²) in [5.41, 5.74) is 5.79. The molecule has 1 rings (SSSR count). The zero-order chi connectivity index (χ0) is 12.7. The average molecular weight is 259 g/mol. The Morgan fingerprint density at radius 1 is 1.59 bits per heavy atom. The summed E-state index contributed by atoms with van der Waals surface area (Å²) in [6.07, 6.45) is 2.14. The van der Waals surface area contributed by atoms with Gasteiger partial charge in [-0.3, -0.25) is 4.79 Å². The number of carbonyl (C=O) groups excluding carboxylic acids is 1. The van der Waals surface area contributed by atoms with Gasteiger partial charge in [0.25, 0.3) is 0 Å². The fourth-order valence-electron chi connectivity index (χ4n) is 1.27. The number of ether oxygens (including phenoxy) is 1. The van der Waals surface area contributed by atoms with Gasteiger partial charge in [-0.05, 0) is 6.42 Å². The molecule has 0 spiro atoms. The molecule has 0 unspecified atom stereocenters. The van der Waals surface area contributed by atoms with E-state index in [9.17, 15) is 4.79 Å². The van der Waals surface area contributed by atoms with Gasteiger partial charge in [0, 0.05) is 12.1 Å². The van der Waals surface area contributed by atoms with Crippen molar-refractivity contribution in [2.24, 2.45) is 5.73 Å². The Kier molecular flexibility index (Phi) is 5.65. The minimum atomic E-state index is -0.482. The number of nitrogens with zero attached hydrogens (tertiary/aromatic N) is 2. The second kappa shape index (κ2) is 7.03. The van der Waals surface area contributed by atoms with E-state index in [4.69, 9.17) is 22.1 Å². The van der Waals surface area contributed by atoms with Crippen molar-refractivity contribution in [2.75, 3.05) is 25.1 Å². The van der Waals surface area contributed by atoms with Gasteiger partial charge in [-0.15, -0.1) is 0 Å². The summed E-state index contributed by atoms with van der Waals surface area (Å²) in [5, 5.41) is 3.51. The first-order valence-corrected chi connectivity index (χ1v) is 5.62. The predicted octanol–water partition coefficient (Wildman–Crippen LogP) is 0.606. The topological polar surface area (TPSA) is 90.1 Å². The fourth-order valence-corrected chi connectivity index (χ4v) is 1.54. The van der Waals surface area contributed by atoms with Crippen LogP contribution >= 0.6 is 11.6 Å². The number of rotatable bonds is 7. The maximum atomic E-state index is 10.4. The number of nitrogens with one attached hydrogen (secondary N) is 1. The van der Waals surface area contributed by atoms with Crippen LogP contribution < -0.4 is 11.1 Å². The van der Waals surface area contributed by atoms with E-state index >= 15 is 0 Å². The molecule has 0 aromatic carbocycles. The van der Waals surface area contributed by atoms with Crippen LogP contribution in [0.25, 0.3) is 0 Å². The van der Waals surface area contributed by atoms with Gasteiger partial charge < -0.3 is 15.8 Å². The van der Waals surface area contributed by atoms with Crippen molar-refractivity contribution in [3.63, 3.8) is 0 Å². The van der Waals surface area contributed by atoms with Crippen LogP contribution in [-0.4, -0.2) is 35.6 Å². The molecule has 0 bridgehead atoms. The second-order valence-corrected chi connectivity index (χ2v) is 3.65. The minimum Gasteiger partial charge on any atom is -0.370 e. The highest BCUT2D eigenvalue weighted by molar-refractivity contribution is 6.30. The van der Waals surface area contributed by atoms with Crippen molar-refractivity contribution in [2.45, 2.75) is 13.3 Å². The van der Waals surface area contributed by atoms with E-state index in [0.29, 0.717) is 24.1 Å². The molecule has 6 nitrogen and oxygen atoms in total. The van der Waals surface area contributed by atoms with E-state index in [1.807, 2.05) is 6.92 Å². The lowest BCUT2D eigenvalue weighted by atomic mass is 10.2. The lowest BCUT2D eigenvalue weighted by molar-refractivity contribution is -0.122. The van der Waals surface area contributed by atoms with Gasteiger partial charge in [-0.2, -0.15) is 0 Å². The van der Waals surface area contributed by atoms with Gasteiger partial charge >= 0.3 is 0 Å². The van der Waals surface area contributed by atoms with Crippen LogP contribution in [0.15, 0.2) is 6.33 Å². The maximum Gasteiger partial charge on any atom is 0.243 e. The van der Waals surface area contributed by atoms with Gasteiger partial charge in [-0.1, -0.05) is 18.5 Å². The zero-order valence-electron chi connectivity index (χ0n) is 9.57. The van der Waals surface area contributed by atoms with Gasteiger partial charge in [-0.25, -0.2) is 9.97 Å². The summed E-state index contributed by atoms with van der Waals surface area (Å²) in [5.74, 6) is 0.208. The summed E-state index contributed by atoms with van der Waals surface area (Å²) in [7, 11) is 0. The van der Waals surface area contributed by atoms with Crippen molar-refractivity contribution < 1.29 is 9.53 Å². The molecular formula is C10H15ClN4O2. The van der Waals surface area contributed by atoms with Gasteiger partial charge in [0.1, 0.15) is 23.9 Å². The first-order chi connectivity index (χ1) is 8.15. The Hall–Kier alpha value is -1.40. The lowest BCUT2D eigenvalue weighted by Crippen LogP contribution is -2.21. The number of hydrogen-bond donors (Lipinski definition) is 2. The number of amides is 1. The quantitative estimate of drug-likeness (QED) is 0.552. The predicted molar refractivity (Wildman–Crippen MR) is 64.9 cm³/mol. The van der Waals surface area contributed by atoms with E-state index in [1.165, 1.54) is 6.33 Å². The monoisotopic (exact) mass is 258 g/mol. The first-order valence-electron chi connectivity index (χ1n) is 5.24. The standard InChI is InChI=1S/C10H15ClN4O2/c1-2-7-9(11)14-6-15-10(7)13-3-4-17-5-8(12)16/h6H,2-5H2,1H3,(H2,12,16)(H,13,14,15). The largest absolute Gasteiger partial charge is 0.370 e.